The van der Waals surface area contributed by atoms with E-state index in [1.807, 2.05) is 18.0 Å². The number of hydrazine groups is 2. The zero-order valence-corrected chi connectivity index (χ0v) is 14.5. The van der Waals surface area contributed by atoms with Gasteiger partial charge in [-0.15, -0.1) is 5.53 Å². The quantitative estimate of drug-likeness (QED) is 0.839. The summed E-state index contributed by atoms with van der Waals surface area (Å²) in [6.07, 6.45) is 2.85. The molecule has 4 rings (SSSR count). The highest BCUT2D eigenvalue weighted by molar-refractivity contribution is 7.99. The van der Waals surface area contributed by atoms with Gasteiger partial charge in [-0.3, -0.25) is 9.91 Å². The fraction of sp³-hybridized carbons (Fsp3) is 0.438. The molecule has 0 spiro atoms. The normalized spacial score (nSPS) is 23.2. The average molecular weight is 365 g/mol. The van der Waals surface area contributed by atoms with Gasteiger partial charge in [0.05, 0.1) is 24.5 Å². The minimum Gasteiger partial charge on any atom is -0.442 e. The first kappa shape index (κ1) is 16.3. The predicted octanol–water partition coefficient (Wildman–Crippen LogP) is 1.50. The number of halogens is 1. The maximum atomic E-state index is 14.6. The Morgan fingerprint density at radius 1 is 1.32 bits per heavy atom. The van der Waals surface area contributed by atoms with E-state index in [1.165, 1.54) is 11.0 Å². The van der Waals surface area contributed by atoms with E-state index in [2.05, 4.69) is 15.9 Å². The van der Waals surface area contributed by atoms with Crippen molar-refractivity contribution in [3.8, 4) is 0 Å². The van der Waals surface area contributed by atoms with E-state index in [4.69, 9.17) is 4.74 Å². The van der Waals surface area contributed by atoms with Gasteiger partial charge in [-0.05, 0) is 18.2 Å². The number of nitrogens with zero attached hydrogens (tertiary/aromatic N) is 3. The van der Waals surface area contributed by atoms with Gasteiger partial charge < -0.3 is 15.1 Å². The van der Waals surface area contributed by atoms with E-state index in [-0.39, 0.29) is 11.9 Å². The van der Waals surface area contributed by atoms with E-state index >= 15 is 0 Å². The molecule has 0 bridgehead atoms. The number of hydrogen-bond donors (Lipinski definition) is 2. The Morgan fingerprint density at radius 3 is 2.88 bits per heavy atom. The van der Waals surface area contributed by atoms with Crippen LogP contribution in [-0.4, -0.2) is 54.9 Å². The zero-order chi connectivity index (χ0) is 17.2. The lowest BCUT2D eigenvalue weighted by Crippen LogP contribution is -2.41. The van der Waals surface area contributed by atoms with Gasteiger partial charge in [-0.25, -0.2) is 9.18 Å². The molecular formula is C16H20FN5O2S. The van der Waals surface area contributed by atoms with Crippen LogP contribution in [0, 0.1) is 5.82 Å². The van der Waals surface area contributed by atoms with Gasteiger partial charge in [-0.2, -0.15) is 11.8 Å². The fourth-order valence-corrected chi connectivity index (χ4v) is 4.07. The van der Waals surface area contributed by atoms with E-state index in [0.29, 0.717) is 24.5 Å². The maximum absolute atomic E-state index is 14.6. The lowest BCUT2D eigenvalue weighted by atomic mass is 10.2. The molecule has 134 valence electrons. The molecule has 2 fully saturated rings. The number of anilines is 2. The number of hydrogen-bond acceptors (Lipinski definition) is 7. The molecule has 7 nitrogen and oxygen atoms in total. The summed E-state index contributed by atoms with van der Waals surface area (Å²) in [4.78, 5) is 15.7. The van der Waals surface area contributed by atoms with Crippen LogP contribution in [0.5, 0.6) is 0 Å². The molecule has 3 aliphatic heterocycles. The van der Waals surface area contributed by atoms with Crippen molar-refractivity contribution in [1.29, 1.82) is 0 Å². The fourth-order valence-electron chi connectivity index (χ4n) is 3.16. The second kappa shape index (κ2) is 7.01. The number of ether oxygens (including phenoxy) is 1. The molecular weight excluding hydrogens is 345 g/mol. The third-order valence-electron chi connectivity index (χ3n) is 4.42. The highest BCUT2D eigenvalue weighted by atomic mass is 32.2. The third kappa shape index (κ3) is 3.47. The van der Waals surface area contributed by atoms with E-state index in [1.54, 1.807) is 23.3 Å². The zero-order valence-electron chi connectivity index (χ0n) is 13.7. The van der Waals surface area contributed by atoms with Crippen molar-refractivity contribution in [3.63, 3.8) is 0 Å². The molecule has 9 heteroatoms. The number of rotatable bonds is 4. The Kier molecular flexibility index (Phi) is 4.58. The van der Waals surface area contributed by atoms with Crippen LogP contribution in [0.1, 0.15) is 0 Å². The molecule has 2 saturated heterocycles. The summed E-state index contributed by atoms with van der Waals surface area (Å²) in [5.74, 6) is 1.72. The first-order valence-electron chi connectivity index (χ1n) is 8.25. The summed E-state index contributed by atoms with van der Waals surface area (Å²) in [5, 5.41) is 1.79. The lowest BCUT2D eigenvalue weighted by Gasteiger charge is -2.29. The van der Waals surface area contributed by atoms with Crippen molar-refractivity contribution in [2.45, 2.75) is 6.10 Å². The summed E-state index contributed by atoms with van der Waals surface area (Å²) >= 11 is 1.88. The molecule has 1 amide bonds. The minimum atomic E-state index is -0.442. The number of carbonyl (C=O) groups is 1. The third-order valence-corrected chi connectivity index (χ3v) is 5.36. The van der Waals surface area contributed by atoms with Crippen LogP contribution in [-0.2, 0) is 4.74 Å². The number of cyclic esters (lactones) is 1. The number of thioether (sulfide) groups is 1. The van der Waals surface area contributed by atoms with Crippen LogP contribution >= 0.6 is 11.8 Å². The van der Waals surface area contributed by atoms with Crippen LogP contribution in [0.2, 0.25) is 0 Å². The highest BCUT2D eigenvalue weighted by Gasteiger charge is 2.34. The van der Waals surface area contributed by atoms with Gasteiger partial charge in [-0.1, -0.05) is 0 Å². The van der Waals surface area contributed by atoms with E-state index < -0.39 is 6.09 Å². The van der Waals surface area contributed by atoms with Gasteiger partial charge in [0.15, 0.2) is 0 Å². The highest BCUT2D eigenvalue weighted by Crippen LogP contribution is 2.29. The summed E-state index contributed by atoms with van der Waals surface area (Å²) in [7, 11) is 0. The predicted molar refractivity (Wildman–Crippen MR) is 95.7 cm³/mol. The molecule has 1 aromatic carbocycles. The van der Waals surface area contributed by atoms with Crippen molar-refractivity contribution in [2.24, 2.45) is 0 Å². The SMILES string of the molecule is O=C1O[C@@H](CN2C=CNN2)CN1c1ccc(N2CCSCC2)c(F)c1. The Balaban J connectivity index is 1.45. The standard InChI is InChI=1S/C16H20FN5O2S/c17-14-9-12(1-2-15(14)20-5-7-25-8-6-20)22-11-13(24-16(22)23)10-21-4-3-18-19-21/h1-4,9,13,18-19H,5-8,10-11H2/t13-/m0/s1. The minimum absolute atomic E-state index is 0.286. The Hall–Kier alpha value is -2.13. The molecule has 0 aliphatic carbocycles. The molecule has 0 aromatic heterocycles. The second-order valence-corrected chi connectivity index (χ2v) is 7.30. The van der Waals surface area contributed by atoms with Gasteiger partial charge >= 0.3 is 6.09 Å². The van der Waals surface area contributed by atoms with Crippen LogP contribution in [0.15, 0.2) is 30.6 Å². The van der Waals surface area contributed by atoms with Gasteiger partial charge in [0.2, 0.25) is 0 Å². The molecule has 2 N–H and O–H groups in total. The molecule has 0 unspecified atom stereocenters. The topological polar surface area (TPSA) is 60.1 Å². The first-order valence-corrected chi connectivity index (χ1v) is 9.41. The average Bonchev–Trinajstić information content (AvgIpc) is 3.25. The van der Waals surface area contributed by atoms with Crippen LogP contribution < -0.4 is 20.8 Å². The van der Waals surface area contributed by atoms with E-state index in [9.17, 15) is 9.18 Å². The van der Waals surface area contributed by atoms with Crippen molar-refractivity contribution in [1.82, 2.24) is 16.0 Å². The Labute approximate surface area is 149 Å². The molecule has 1 aromatic rings. The van der Waals surface area contributed by atoms with Gasteiger partial charge in [0.1, 0.15) is 11.9 Å². The molecule has 3 heterocycles. The van der Waals surface area contributed by atoms with Crippen molar-refractivity contribution in [3.05, 3.63) is 36.4 Å². The molecule has 25 heavy (non-hydrogen) atoms. The van der Waals surface area contributed by atoms with Crippen LogP contribution in [0.3, 0.4) is 0 Å². The van der Waals surface area contributed by atoms with Crippen molar-refractivity contribution >= 4 is 29.2 Å². The first-order chi connectivity index (χ1) is 12.2. The monoisotopic (exact) mass is 365 g/mol. The van der Waals surface area contributed by atoms with Gasteiger partial charge in [0.25, 0.3) is 0 Å². The number of carbonyl (C=O) groups excluding carboxylic acids is 1. The Bertz CT molecular complexity index is 682. The summed E-state index contributed by atoms with van der Waals surface area (Å²) in [5.41, 5.74) is 6.86. The molecule has 3 aliphatic rings. The summed E-state index contributed by atoms with van der Waals surface area (Å²) in [6.45, 7) is 2.60. The summed E-state index contributed by atoms with van der Waals surface area (Å²) < 4.78 is 20.0. The number of nitrogens with one attached hydrogen (secondary N) is 2. The van der Waals surface area contributed by atoms with Crippen molar-refractivity contribution in [2.75, 3.05) is 47.5 Å². The van der Waals surface area contributed by atoms with E-state index in [0.717, 1.165) is 24.6 Å². The smallest absolute Gasteiger partial charge is 0.414 e. The van der Waals surface area contributed by atoms with Crippen LogP contribution in [0.4, 0.5) is 20.6 Å². The molecule has 0 saturated carbocycles. The second-order valence-electron chi connectivity index (χ2n) is 6.08. The van der Waals surface area contributed by atoms with Crippen molar-refractivity contribution < 1.29 is 13.9 Å². The molecule has 1 atom stereocenters. The number of benzene rings is 1. The maximum Gasteiger partial charge on any atom is 0.414 e. The molecule has 0 radical (unpaired) electrons. The van der Waals surface area contributed by atoms with Crippen LogP contribution in [0.25, 0.3) is 0 Å². The summed E-state index contributed by atoms with van der Waals surface area (Å²) in [6, 6.07) is 4.98. The largest absolute Gasteiger partial charge is 0.442 e. The Morgan fingerprint density at radius 2 is 2.16 bits per heavy atom. The number of amides is 1. The lowest BCUT2D eigenvalue weighted by molar-refractivity contribution is 0.109. The van der Waals surface area contributed by atoms with Gasteiger partial charge in [0, 0.05) is 37.0 Å².